The third-order valence-electron chi connectivity index (χ3n) is 11.8. The van der Waals surface area contributed by atoms with Gasteiger partial charge in [-0.2, -0.15) is 0 Å². The zero-order valence-electron chi connectivity index (χ0n) is 21.4. The molecule has 8 bridgehead atoms. The van der Waals surface area contributed by atoms with Crippen LogP contribution in [0.2, 0.25) is 0 Å². The SMILES string of the molecule is O=C(O)CC12C[C@@H]3C[C@@H](C1)CC(c1ccc(C45C[C@@H]6C[C@H](CC(CC(=O)O)(C6)C4)C5)c([N+](=O)[O-])c1)(C3)C2. The first kappa shape index (κ1) is 23.7. The molecule has 1 aromatic carbocycles. The standard InChI is InChI=1S/C30H37NO6/c32-25(33)14-27-6-18-3-19(7-27)11-29(10-18,16-27)22-1-2-23(24(5-22)31(36)37)30-12-20-4-21(13-30)9-28(8-20,17-30)15-26(34)35/h1-2,5,18-21H,3-4,6-17H2,(H,32,33)(H,34,35)/t18-,19-,20+,21+,27?,28?,29?,30?/m0/s1. The average molecular weight is 508 g/mol. The third-order valence-corrected chi connectivity index (χ3v) is 11.8. The minimum atomic E-state index is -0.751. The molecule has 8 saturated carbocycles. The molecule has 0 aromatic heterocycles. The van der Waals surface area contributed by atoms with Crippen molar-refractivity contribution in [3.05, 3.63) is 39.4 Å². The highest BCUT2D eigenvalue weighted by Crippen LogP contribution is 2.69. The molecule has 198 valence electrons. The van der Waals surface area contributed by atoms with E-state index >= 15 is 0 Å². The molecule has 7 nitrogen and oxygen atoms in total. The fraction of sp³-hybridized carbons (Fsp3) is 0.733. The summed E-state index contributed by atoms with van der Waals surface area (Å²) >= 11 is 0. The summed E-state index contributed by atoms with van der Waals surface area (Å²) in [6.45, 7) is 0. The van der Waals surface area contributed by atoms with Gasteiger partial charge in [0.25, 0.3) is 5.69 Å². The molecule has 0 saturated heterocycles. The molecule has 0 spiro atoms. The Labute approximate surface area is 217 Å². The van der Waals surface area contributed by atoms with E-state index in [0.29, 0.717) is 23.7 Å². The molecule has 8 aliphatic rings. The van der Waals surface area contributed by atoms with E-state index in [9.17, 15) is 29.9 Å². The summed E-state index contributed by atoms with van der Waals surface area (Å²) in [4.78, 5) is 36.0. The van der Waals surface area contributed by atoms with Crippen LogP contribution in [0.4, 0.5) is 5.69 Å². The number of carbonyl (C=O) groups is 2. The molecular formula is C30H37NO6. The molecule has 0 amide bonds. The van der Waals surface area contributed by atoms with E-state index in [2.05, 4.69) is 6.07 Å². The van der Waals surface area contributed by atoms with Gasteiger partial charge in [-0.05, 0) is 123 Å². The van der Waals surface area contributed by atoms with Crippen molar-refractivity contribution in [1.29, 1.82) is 0 Å². The van der Waals surface area contributed by atoms with Gasteiger partial charge in [-0.15, -0.1) is 0 Å². The van der Waals surface area contributed by atoms with Crippen molar-refractivity contribution < 1.29 is 24.7 Å². The average Bonchev–Trinajstić information content (AvgIpc) is 2.75. The molecule has 0 radical (unpaired) electrons. The molecule has 4 atom stereocenters. The second-order valence-electron chi connectivity index (χ2n) is 14.6. The van der Waals surface area contributed by atoms with Crippen LogP contribution in [-0.2, 0) is 20.4 Å². The van der Waals surface area contributed by atoms with Gasteiger partial charge in [0.2, 0.25) is 0 Å². The second-order valence-corrected chi connectivity index (χ2v) is 14.6. The number of nitrogens with zero attached hydrogens (tertiary/aromatic N) is 1. The highest BCUT2D eigenvalue weighted by Gasteiger charge is 2.61. The van der Waals surface area contributed by atoms with Gasteiger partial charge in [0.15, 0.2) is 0 Å². The molecule has 0 heterocycles. The topological polar surface area (TPSA) is 118 Å². The van der Waals surface area contributed by atoms with Crippen LogP contribution < -0.4 is 0 Å². The molecule has 0 aliphatic heterocycles. The maximum Gasteiger partial charge on any atom is 0.303 e. The Morgan fingerprint density at radius 3 is 1.70 bits per heavy atom. The summed E-state index contributed by atoms with van der Waals surface area (Å²) in [6.07, 6.45) is 12.0. The molecule has 8 aliphatic carbocycles. The van der Waals surface area contributed by atoms with E-state index < -0.39 is 11.9 Å². The smallest absolute Gasteiger partial charge is 0.303 e. The number of nitro groups is 1. The monoisotopic (exact) mass is 507 g/mol. The molecule has 7 heteroatoms. The van der Waals surface area contributed by atoms with Crippen molar-refractivity contribution >= 4 is 17.6 Å². The van der Waals surface area contributed by atoms with E-state index in [1.54, 1.807) is 0 Å². The maximum atomic E-state index is 12.6. The number of benzene rings is 1. The van der Waals surface area contributed by atoms with Crippen molar-refractivity contribution in [2.24, 2.45) is 34.5 Å². The first-order valence-corrected chi connectivity index (χ1v) is 14.2. The van der Waals surface area contributed by atoms with Crippen molar-refractivity contribution in [2.75, 3.05) is 0 Å². The van der Waals surface area contributed by atoms with Crippen LogP contribution in [-0.4, -0.2) is 27.1 Å². The van der Waals surface area contributed by atoms with Crippen LogP contribution in [0, 0.1) is 44.6 Å². The fourth-order valence-electron chi connectivity index (χ4n) is 12.1. The lowest BCUT2D eigenvalue weighted by Gasteiger charge is -2.63. The summed E-state index contributed by atoms with van der Waals surface area (Å²) in [7, 11) is 0. The van der Waals surface area contributed by atoms with Crippen molar-refractivity contribution in [2.45, 2.75) is 101 Å². The Morgan fingerprint density at radius 2 is 1.24 bits per heavy atom. The molecule has 0 unspecified atom stereocenters. The largest absolute Gasteiger partial charge is 0.481 e. The van der Waals surface area contributed by atoms with Crippen LogP contribution in [0.1, 0.15) is 101 Å². The Balaban J connectivity index is 1.28. The Bertz CT molecular complexity index is 1180. The zero-order chi connectivity index (χ0) is 25.8. The predicted octanol–water partition coefficient (Wildman–Crippen LogP) is 6.22. The van der Waals surface area contributed by atoms with Gasteiger partial charge in [0.1, 0.15) is 0 Å². The minimum Gasteiger partial charge on any atom is -0.481 e. The number of carboxylic acids is 2. The summed E-state index contributed by atoms with van der Waals surface area (Å²) in [5.74, 6) is 0.462. The number of hydrogen-bond donors (Lipinski definition) is 2. The number of carboxylic acid groups (broad SMARTS) is 2. The molecule has 37 heavy (non-hydrogen) atoms. The van der Waals surface area contributed by atoms with Gasteiger partial charge >= 0.3 is 11.9 Å². The van der Waals surface area contributed by atoms with Gasteiger partial charge in [-0.25, -0.2) is 0 Å². The molecule has 8 fully saturated rings. The van der Waals surface area contributed by atoms with Gasteiger partial charge in [0.05, 0.1) is 17.8 Å². The Morgan fingerprint density at radius 1 is 0.784 bits per heavy atom. The number of rotatable bonds is 7. The van der Waals surface area contributed by atoms with Crippen molar-refractivity contribution in [3.63, 3.8) is 0 Å². The van der Waals surface area contributed by atoms with E-state index in [0.717, 1.165) is 81.8 Å². The fourth-order valence-corrected chi connectivity index (χ4v) is 12.1. The van der Waals surface area contributed by atoms with E-state index in [4.69, 9.17) is 0 Å². The van der Waals surface area contributed by atoms with Gasteiger partial charge < -0.3 is 10.2 Å². The lowest BCUT2D eigenvalue weighted by Crippen LogP contribution is -2.55. The molecular weight excluding hydrogens is 470 g/mol. The lowest BCUT2D eigenvalue weighted by atomic mass is 9.41. The van der Waals surface area contributed by atoms with Crippen LogP contribution in [0.5, 0.6) is 0 Å². The second kappa shape index (κ2) is 7.57. The van der Waals surface area contributed by atoms with Crippen LogP contribution in [0.3, 0.4) is 0 Å². The van der Waals surface area contributed by atoms with Crippen LogP contribution in [0.15, 0.2) is 18.2 Å². The zero-order valence-corrected chi connectivity index (χ0v) is 21.4. The third kappa shape index (κ3) is 3.59. The van der Waals surface area contributed by atoms with Gasteiger partial charge in [-0.3, -0.25) is 19.7 Å². The first-order chi connectivity index (χ1) is 17.5. The highest BCUT2D eigenvalue weighted by atomic mass is 16.6. The summed E-state index contributed by atoms with van der Waals surface area (Å²) in [6, 6.07) is 6.04. The van der Waals surface area contributed by atoms with Crippen molar-refractivity contribution in [1.82, 2.24) is 0 Å². The van der Waals surface area contributed by atoms with Crippen molar-refractivity contribution in [3.8, 4) is 0 Å². The molecule has 9 rings (SSSR count). The Kier molecular flexibility index (Phi) is 4.84. The number of aliphatic carboxylic acids is 2. The van der Waals surface area contributed by atoms with Gasteiger partial charge in [0, 0.05) is 17.0 Å². The normalized spacial score (nSPS) is 44.8. The minimum absolute atomic E-state index is 0.158. The van der Waals surface area contributed by atoms with E-state index in [-0.39, 0.29) is 45.1 Å². The summed E-state index contributed by atoms with van der Waals surface area (Å²) in [5.41, 5.74) is 1.22. The number of nitro benzene ring substituents is 1. The maximum absolute atomic E-state index is 12.6. The quantitative estimate of drug-likeness (QED) is 0.334. The number of hydrogen-bond acceptors (Lipinski definition) is 4. The Hall–Kier alpha value is -2.44. The van der Waals surface area contributed by atoms with Crippen LogP contribution in [0.25, 0.3) is 0 Å². The molecule has 1 aromatic rings. The predicted molar refractivity (Wildman–Crippen MR) is 135 cm³/mol. The highest BCUT2D eigenvalue weighted by molar-refractivity contribution is 5.68. The van der Waals surface area contributed by atoms with E-state index in [1.165, 1.54) is 6.42 Å². The summed E-state index contributed by atoms with van der Waals surface area (Å²) < 4.78 is 0. The first-order valence-electron chi connectivity index (χ1n) is 14.2. The van der Waals surface area contributed by atoms with E-state index in [1.807, 2.05) is 12.1 Å². The van der Waals surface area contributed by atoms with Gasteiger partial charge in [-0.1, -0.05) is 12.1 Å². The van der Waals surface area contributed by atoms with Crippen LogP contribution >= 0.6 is 0 Å². The summed E-state index contributed by atoms with van der Waals surface area (Å²) in [5, 5.41) is 32.0. The lowest BCUT2D eigenvalue weighted by molar-refractivity contribution is -0.386. The molecule has 2 N–H and O–H groups in total.